The molecule has 0 bridgehead atoms. The van der Waals surface area contributed by atoms with E-state index in [2.05, 4.69) is 10.3 Å². The van der Waals surface area contributed by atoms with Gasteiger partial charge < -0.3 is 15.2 Å². The van der Waals surface area contributed by atoms with Gasteiger partial charge in [-0.15, -0.1) is 0 Å². The lowest BCUT2D eigenvalue weighted by atomic mass is 10.0. The van der Waals surface area contributed by atoms with Crippen LogP contribution in [0.4, 0.5) is 0 Å². The van der Waals surface area contributed by atoms with Gasteiger partial charge in [-0.25, -0.2) is 4.79 Å². The van der Waals surface area contributed by atoms with Gasteiger partial charge in [-0.3, -0.25) is 19.1 Å². The van der Waals surface area contributed by atoms with Crippen LogP contribution in [0.3, 0.4) is 0 Å². The Balaban J connectivity index is 1.41. The van der Waals surface area contributed by atoms with Crippen LogP contribution in [0.2, 0.25) is 0 Å². The third kappa shape index (κ3) is 3.37. The molecule has 3 heterocycles. The van der Waals surface area contributed by atoms with Gasteiger partial charge in [0.25, 0.3) is 0 Å². The second-order valence-corrected chi connectivity index (χ2v) is 7.42. The van der Waals surface area contributed by atoms with Gasteiger partial charge in [0.2, 0.25) is 11.8 Å². The van der Waals surface area contributed by atoms with Crippen LogP contribution in [-0.2, 0) is 9.59 Å². The summed E-state index contributed by atoms with van der Waals surface area (Å²) in [5, 5.41) is 2.83. The highest BCUT2D eigenvalue weighted by Crippen LogP contribution is 2.25. The van der Waals surface area contributed by atoms with Crippen LogP contribution in [0.1, 0.15) is 25.3 Å². The average molecular weight is 371 g/mol. The minimum Gasteiger partial charge on any atom is -0.353 e. The summed E-state index contributed by atoms with van der Waals surface area (Å²) >= 11 is 0. The number of imidazole rings is 1. The number of carbonyl (C=O) groups is 2. The molecule has 0 spiro atoms. The number of nitrogens with zero attached hydrogens (tertiary/aromatic N) is 3. The summed E-state index contributed by atoms with van der Waals surface area (Å²) in [6.45, 7) is 2.60. The highest BCUT2D eigenvalue weighted by atomic mass is 16.2. The number of benzene rings is 1. The minimum absolute atomic E-state index is 0.00798. The SMILES string of the molecule is CN1CCNC(=O)C1CC(=O)N1CCC(n2c(=O)[nH]c3ccccc32)CC1. The lowest BCUT2D eigenvalue weighted by Crippen LogP contribution is -2.55. The molecule has 2 aliphatic heterocycles. The first-order valence-electron chi connectivity index (χ1n) is 9.49. The van der Waals surface area contributed by atoms with Gasteiger partial charge in [-0.1, -0.05) is 12.1 Å². The number of rotatable bonds is 3. The van der Waals surface area contributed by atoms with Crippen molar-refractivity contribution < 1.29 is 9.59 Å². The van der Waals surface area contributed by atoms with Crippen molar-refractivity contribution in [1.82, 2.24) is 24.7 Å². The molecule has 2 N–H and O–H groups in total. The molecule has 1 aromatic carbocycles. The van der Waals surface area contributed by atoms with Crippen molar-refractivity contribution in [3.05, 3.63) is 34.7 Å². The molecule has 144 valence electrons. The average Bonchev–Trinajstić information content (AvgIpc) is 3.00. The van der Waals surface area contributed by atoms with Gasteiger partial charge in [-0.05, 0) is 32.0 Å². The summed E-state index contributed by atoms with van der Waals surface area (Å²) in [5.41, 5.74) is 1.65. The lowest BCUT2D eigenvalue weighted by Gasteiger charge is -2.36. The highest BCUT2D eigenvalue weighted by molar-refractivity contribution is 5.88. The molecule has 0 saturated carbocycles. The molecule has 2 amide bonds. The second-order valence-electron chi connectivity index (χ2n) is 7.42. The molecule has 2 fully saturated rings. The van der Waals surface area contributed by atoms with Crippen molar-refractivity contribution in [2.24, 2.45) is 0 Å². The third-order valence-electron chi connectivity index (χ3n) is 5.77. The Kier molecular flexibility index (Phi) is 4.73. The monoisotopic (exact) mass is 371 g/mol. The van der Waals surface area contributed by atoms with Crippen LogP contribution < -0.4 is 11.0 Å². The number of para-hydroxylation sites is 2. The second kappa shape index (κ2) is 7.19. The summed E-state index contributed by atoms with van der Waals surface area (Å²) in [6.07, 6.45) is 1.68. The molecular formula is C19H25N5O3. The number of likely N-dealkylation sites (N-methyl/N-ethyl adjacent to an activating group) is 1. The summed E-state index contributed by atoms with van der Waals surface area (Å²) in [7, 11) is 1.88. The molecule has 8 heteroatoms. The maximum atomic E-state index is 12.7. The van der Waals surface area contributed by atoms with E-state index in [0.29, 0.717) is 19.6 Å². The molecule has 1 aromatic heterocycles. The first-order valence-corrected chi connectivity index (χ1v) is 9.49. The minimum atomic E-state index is -0.389. The molecule has 2 aliphatic rings. The van der Waals surface area contributed by atoms with E-state index in [1.807, 2.05) is 45.7 Å². The number of nitrogens with one attached hydrogen (secondary N) is 2. The van der Waals surface area contributed by atoms with Crippen LogP contribution in [0.5, 0.6) is 0 Å². The standard InChI is InChI=1S/C19H25N5O3/c1-22-11-8-20-18(26)16(22)12-17(25)23-9-6-13(7-10-23)24-15-5-3-2-4-14(15)21-19(24)27/h2-5,13,16H,6-12H2,1H3,(H,20,26)(H,21,27). The van der Waals surface area contributed by atoms with Gasteiger partial charge in [0.1, 0.15) is 0 Å². The number of aromatic nitrogens is 2. The number of piperazine rings is 1. The predicted molar refractivity (Wildman–Crippen MR) is 101 cm³/mol. The summed E-state index contributed by atoms with van der Waals surface area (Å²) < 4.78 is 1.82. The van der Waals surface area contributed by atoms with Crippen LogP contribution in [0.15, 0.2) is 29.1 Å². The molecule has 1 atom stereocenters. The number of fused-ring (bicyclic) bond motifs is 1. The molecular weight excluding hydrogens is 346 g/mol. The zero-order chi connectivity index (χ0) is 19.0. The van der Waals surface area contributed by atoms with E-state index in [1.54, 1.807) is 0 Å². The van der Waals surface area contributed by atoms with E-state index in [4.69, 9.17) is 0 Å². The van der Waals surface area contributed by atoms with E-state index in [1.165, 1.54) is 0 Å². The molecule has 2 saturated heterocycles. The number of hydrogen-bond acceptors (Lipinski definition) is 4. The molecule has 8 nitrogen and oxygen atoms in total. The van der Waals surface area contributed by atoms with Gasteiger partial charge in [0, 0.05) is 32.2 Å². The van der Waals surface area contributed by atoms with Crippen molar-refractivity contribution >= 4 is 22.8 Å². The van der Waals surface area contributed by atoms with Crippen molar-refractivity contribution in [3.63, 3.8) is 0 Å². The molecule has 1 unspecified atom stereocenters. The topological polar surface area (TPSA) is 90.4 Å². The number of carbonyl (C=O) groups excluding carboxylic acids is 2. The summed E-state index contributed by atoms with van der Waals surface area (Å²) in [4.78, 5) is 43.7. The number of piperidine rings is 1. The van der Waals surface area contributed by atoms with Crippen LogP contribution >= 0.6 is 0 Å². The van der Waals surface area contributed by atoms with Gasteiger partial charge in [0.05, 0.1) is 23.5 Å². The van der Waals surface area contributed by atoms with Crippen molar-refractivity contribution in [2.75, 3.05) is 33.2 Å². The zero-order valence-corrected chi connectivity index (χ0v) is 15.5. The Morgan fingerprint density at radius 2 is 1.89 bits per heavy atom. The molecule has 0 aliphatic carbocycles. The van der Waals surface area contributed by atoms with Crippen LogP contribution in [-0.4, -0.2) is 70.4 Å². The first kappa shape index (κ1) is 17.8. The number of aromatic amines is 1. The summed E-state index contributed by atoms with van der Waals surface area (Å²) in [5.74, 6) is -0.0639. The van der Waals surface area contributed by atoms with E-state index in [-0.39, 0.29) is 36.0 Å². The van der Waals surface area contributed by atoms with Gasteiger partial charge >= 0.3 is 5.69 Å². The van der Waals surface area contributed by atoms with E-state index in [9.17, 15) is 14.4 Å². The van der Waals surface area contributed by atoms with E-state index < -0.39 is 0 Å². The van der Waals surface area contributed by atoms with E-state index in [0.717, 1.165) is 30.4 Å². The Morgan fingerprint density at radius 3 is 2.63 bits per heavy atom. The molecule has 0 radical (unpaired) electrons. The number of likely N-dealkylation sites (tertiary alicyclic amines) is 1. The van der Waals surface area contributed by atoms with E-state index >= 15 is 0 Å². The van der Waals surface area contributed by atoms with Crippen molar-refractivity contribution in [2.45, 2.75) is 31.3 Å². The zero-order valence-electron chi connectivity index (χ0n) is 15.5. The fourth-order valence-electron chi connectivity index (χ4n) is 4.18. The predicted octanol–water partition coefficient (Wildman–Crippen LogP) is 0.313. The van der Waals surface area contributed by atoms with Crippen LogP contribution in [0, 0.1) is 0 Å². The summed E-state index contributed by atoms with van der Waals surface area (Å²) in [6, 6.07) is 7.37. The number of amides is 2. The third-order valence-corrected chi connectivity index (χ3v) is 5.77. The van der Waals surface area contributed by atoms with Crippen LogP contribution in [0.25, 0.3) is 11.0 Å². The first-order chi connectivity index (χ1) is 13.0. The van der Waals surface area contributed by atoms with Gasteiger partial charge in [-0.2, -0.15) is 0 Å². The molecule has 27 heavy (non-hydrogen) atoms. The van der Waals surface area contributed by atoms with Crippen molar-refractivity contribution in [1.29, 1.82) is 0 Å². The quantitative estimate of drug-likeness (QED) is 0.813. The van der Waals surface area contributed by atoms with Gasteiger partial charge in [0.15, 0.2) is 0 Å². The Labute approximate surface area is 157 Å². The highest BCUT2D eigenvalue weighted by Gasteiger charge is 2.32. The normalized spacial score (nSPS) is 22.2. The Morgan fingerprint density at radius 1 is 1.15 bits per heavy atom. The fourth-order valence-corrected chi connectivity index (χ4v) is 4.18. The maximum Gasteiger partial charge on any atom is 0.326 e. The molecule has 4 rings (SSSR count). The van der Waals surface area contributed by atoms with Crippen molar-refractivity contribution in [3.8, 4) is 0 Å². The smallest absolute Gasteiger partial charge is 0.326 e. The lowest BCUT2D eigenvalue weighted by molar-refractivity contribution is -0.139. The number of hydrogen-bond donors (Lipinski definition) is 2. The number of H-pyrrole nitrogens is 1. The largest absolute Gasteiger partial charge is 0.353 e. The maximum absolute atomic E-state index is 12.7. The Hall–Kier alpha value is -2.61. The fraction of sp³-hybridized carbons (Fsp3) is 0.526. The Bertz CT molecular complexity index is 909. The molecule has 2 aromatic rings.